The summed E-state index contributed by atoms with van der Waals surface area (Å²) in [6, 6.07) is 1.04. The third kappa shape index (κ3) is 5.13. The van der Waals surface area contributed by atoms with Gasteiger partial charge in [0, 0.05) is 6.04 Å². The molecule has 0 fully saturated rings. The van der Waals surface area contributed by atoms with E-state index >= 15 is 0 Å². The van der Waals surface area contributed by atoms with Crippen molar-refractivity contribution in [3.63, 3.8) is 0 Å². The van der Waals surface area contributed by atoms with Gasteiger partial charge in [0.25, 0.3) is 0 Å². The lowest BCUT2D eigenvalue weighted by Crippen LogP contribution is -2.24. The van der Waals surface area contributed by atoms with Crippen molar-refractivity contribution in [3.8, 4) is 18.0 Å². The minimum Gasteiger partial charge on any atom is -0.467 e. The maximum absolute atomic E-state index is 5.41. The van der Waals surface area contributed by atoms with E-state index in [1.165, 1.54) is 14.2 Å². The van der Waals surface area contributed by atoms with Gasteiger partial charge in [-0.05, 0) is 13.0 Å². The van der Waals surface area contributed by atoms with Crippen LogP contribution in [0.15, 0.2) is 0 Å². The summed E-state index contributed by atoms with van der Waals surface area (Å²) >= 11 is 0. The predicted molar refractivity (Wildman–Crippen MR) is 66.2 cm³/mol. The minimum absolute atomic E-state index is 0.178. The maximum atomic E-state index is 5.41. The molecule has 18 heavy (non-hydrogen) atoms. The molecule has 0 aromatic carbocycles. The molecule has 0 unspecified atom stereocenters. The number of hydrogen-bond donors (Lipinski definition) is 1. The lowest BCUT2D eigenvalue weighted by atomic mass is 10.3. The third-order valence-electron chi connectivity index (χ3n) is 2.04. The van der Waals surface area contributed by atoms with Crippen molar-refractivity contribution in [3.05, 3.63) is 0 Å². The molecule has 0 aliphatic heterocycles. The Morgan fingerprint density at radius 1 is 1.00 bits per heavy atom. The molecular weight excluding hydrogens is 236 g/mol. The highest BCUT2D eigenvalue weighted by molar-refractivity contribution is 5.08. The number of ether oxygens (including phenoxy) is 3. The van der Waals surface area contributed by atoms with Gasteiger partial charge in [-0.3, -0.25) is 0 Å². The fourth-order valence-corrected chi connectivity index (χ4v) is 1.19. The molecule has 0 saturated carbocycles. The molecule has 7 heteroatoms. The van der Waals surface area contributed by atoms with Crippen molar-refractivity contribution in [2.45, 2.75) is 26.3 Å². The number of rotatable bonds is 8. The molecule has 0 aliphatic carbocycles. The Labute approximate surface area is 107 Å². The summed E-state index contributed by atoms with van der Waals surface area (Å²) in [6.45, 7) is 5.61. The molecule has 0 atom stereocenters. The molecule has 7 nitrogen and oxygen atoms in total. The summed E-state index contributed by atoms with van der Waals surface area (Å²) in [5, 5.41) is 3.29. The van der Waals surface area contributed by atoms with Gasteiger partial charge in [0.1, 0.15) is 0 Å². The normalized spacial score (nSPS) is 10.5. The average Bonchev–Trinajstić information content (AvgIpc) is 2.37. The molecule has 0 radical (unpaired) electrons. The van der Waals surface area contributed by atoms with Crippen LogP contribution in [-0.4, -0.2) is 48.4 Å². The zero-order chi connectivity index (χ0) is 13.4. The van der Waals surface area contributed by atoms with Gasteiger partial charge in [-0.15, -0.1) is 15.0 Å². The SMILES string of the molecule is COc1nc(OC)nc(OCCCNC(C)C)n1. The summed E-state index contributed by atoms with van der Waals surface area (Å²) in [4.78, 5) is 11.8. The Morgan fingerprint density at radius 2 is 1.56 bits per heavy atom. The van der Waals surface area contributed by atoms with Crippen LogP contribution in [-0.2, 0) is 0 Å². The van der Waals surface area contributed by atoms with Crippen molar-refractivity contribution in [1.82, 2.24) is 20.3 Å². The van der Waals surface area contributed by atoms with Crippen LogP contribution in [0.4, 0.5) is 0 Å². The van der Waals surface area contributed by atoms with E-state index in [0.29, 0.717) is 12.6 Å². The lowest BCUT2D eigenvalue weighted by molar-refractivity contribution is 0.261. The molecule has 0 spiro atoms. The Balaban J connectivity index is 2.41. The van der Waals surface area contributed by atoms with Gasteiger partial charge in [-0.1, -0.05) is 13.8 Å². The summed E-state index contributed by atoms with van der Waals surface area (Å²) in [5.41, 5.74) is 0. The number of aromatic nitrogens is 3. The molecule has 0 aliphatic rings. The standard InChI is InChI=1S/C11H20N4O3/c1-8(2)12-6-5-7-18-11-14-9(16-3)13-10(15-11)17-4/h8,12H,5-7H2,1-4H3. The summed E-state index contributed by atoms with van der Waals surface area (Å²) in [5.74, 6) is 0. The van der Waals surface area contributed by atoms with Crippen molar-refractivity contribution >= 4 is 0 Å². The molecule has 1 N–H and O–H groups in total. The number of nitrogens with zero attached hydrogens (tertiary/aromatic N) is 3. The first-order valence-electron chi connectivity index (χ1n) is 5.86. The zero-order valence-corrected chi connectivity index (χ0v) is 11.3. The zero-order valence-electron chi connectivity index (χ0n) is 11.3. The summed E-state index contributed by atoms with van der Waals surface area (Å²) in [7, 11) is 2.95. The van der Waals surface area contributed by atoms with Crippen LogP contribution in [0.25, 0.3) is 0 Å². The molecule has 1 rings (SSSR count). The second-order valence-corrected chi connectivity index (χ2v) is 3.90. The van der Waals surface area contributed by atoms with E-state index in [2.05, 4.69) is 34.1 Å². The summed E-state index contributed by atoms with van der Waals surface area (Å²) in [6.07, 6.45) is 0.870. The quantitative estimate of drug-likeness (QED) is 0.684. The second-order valence-electron chi connectivity index (χ2n) is 3.90. The molecule has 1 aromatic rings. The Hall–Kier alpha value is -1.63. The van der Waals surface area contributed by atoms with Gasteiger partial charge in [0.05, 0.1) is 20.8 Å². The lowest BCUT2D eigenvalue weighted by Gasteiger charge is -2.09. The van der Waals surface area contributed by atoms with E-state index in [0.717, 1.165) is 13.0 Å². The average molecular weight is 256 g/mol. The highest BCUT2D eigenvalue weighted by Gasteiger charge is 2.07. The van der Waals surface area contributed by atoms with Crippen LogP contribution in [0, 0.1) is 0 Å². The first kappa shape index (κ1) is 14.4. The fraction of sp³-hybridized carbons (Fsp3) is 0.727. The third-order valence-corrected chi connectivity index (χ3v) is 2.04. The Morgan fingerprint density at radius 3 is 2.06 bits per heavy atom. The second kappa shape index (κ2) is 7.65. The molecular formula is C11H20N4O3. The van der Waals surface area contributed by atoms with Crippen LogP contribution in [0.5, 0.6) is 18.0 Å². The minimum atomic E-state index is 0.178. The van der Waals surface area contributed by atoms with Gasteiger partial charge >= 0.3 is 18.0 Å². The van der Waals surface area contributed by atoms with E-state index in [4.69, 9.17) is 14.2 Å². The number of hydrogen-bond acceptors (Lipinski definition) is 7. The van der Waals surface area contributed by atoms with Crippen molar-refractivity contribution in [1.29, 1.82) is 0 Å². The van der Waals surface area contributed by atoms with Crippen LogP contribution in [0.2, 0.25) is 0 Å². The van der Waals surface area contributed by atoms with Crippen LogP contribution < -0.4 is 19.5 Å². The van der Waals surface area contributed by atoms with E-state index in [1.54, 1.807) is 0 Å². The first-order chi connectivity index (χ1) is 8.65. The van der Waals surface area contributed by atoms with Gasteiger partial charge in [0.15, 0.2) is 0 Å². The molecule has 1 heterocycles. The smallest absolute Gasteiger partial charge is 0.325 e. The fourth-order valence-electron chi connectivity index (χ4n) is 1.19. The van der Waals surface area contributed by atoms with E-state index in [9.17, 15) is 0 Å². The van der Waals surface area contributed by atoms with Crippen molar-refractivity contribution in [2.75, 3.05) is 27.4 Å². The van der Waals surface area contributed by atoms with Gasteiger partial charge in [-0.25, -0.2) is 0 Å². The Kier molecular flexibility index (Phi) is 6.13. The van der Waals surface area contributed by atoms with E-state index in [1.807, 2.05) is 0 Å². The highest BCUT2D eigenvalue weighted by Crippen LogP contribution is 2.13. The topological polar surface area (TPSA) is 78.4 Å². The highest BCUT2D eigenvalue weighted by atomic mass is 16.5. The molecule has 0 amide bonds. The monoisotopic (exact) mass is 256 g/mol. The van der Waals surface area contributed by atoms with Crippen LogP contribution >= 0.6 is 0 Å². The Bertz CT molecular complexity index is 338. The predicted octanol–water partition coefficient (Wildman–Crippen LogP) is 0.656. The largest absolute Gasteiger partial charge is 0.467 e. The number of methoxy groups -OCH3 is 2. The van der Waals surface area contributed by atoms with Crippen LogP contribution in [0.3, 0.4) is 0 Å². The van der Waals surface area contributed by atoms with Crippen LogP contribution in [0.1, 0.15) is 20.3 Å². The van der Waals surface area contributed by atoms with Crippen molar-refractivity contribution in [2.24, 2.45) is 0 Å². The molecule has 1 aromatic heterocycles. The number of nitrogens with one attached hydrogen (secondary N) is 1. The van der Waals surface area contributed by atoms with E-state index in [-0.39, 0.29) is 18.0 Å². The van der Waals surface area contributed by atoms with Crippen molar-refractivity contribution < 1.29 is 14.2 Å². The molecule has 0 saturated heterocycles. The van der Waals surface area contributed by atoms with E-state index < -0.39 is 0 Å². The molecule has 0 bridgehead atoms. The van der Waals surface area contributed by atoms with Gasteiger partial charge in [0.2, 0.25) is 0 Å². The summed E-state index contributed by atoms with van der Waals surface area (Å²) < 4.78 is 15.3. The molecule has 102 valence electrons. The van der Waals surface area contributed by atoms with Gasteiger partial charge in [-0.2, -0.15) is 0 Å². The van der Waals surface area contributed by atoms with Gasteiger partial charge < -0.3 is 19.5 Å². The first-order valence-corrected chi connectivity index (χ1v) is 5.86. The maximum Gasteiger partial charge on any atom is 0.325 e.